The summed E-state index contributed by atoms with van der Waals surface area (Å²) in [7, 11) is 0. The first-order valence-electron chi connectivity index (χ1n) is 31.3. The van der Waals surface area contributed by atoms with E-state index in [-0.39, 0.29) is 13.4 Å². The summed E-state index contributed by atoms with van der Waals surface area (Å²) in [6.45, 7) is 0.552. The quantitative estimate of drug-likeness (QED) is 0.126. The number of nitrogens with zero attached hydrogens (tertiary/aromatic N) is 6. The van der Waals surface area contributed by atoms with Gasteiger partial charge in [0.05, 0.1) is 11.4 Å². The van der Waals surface area contributed by atoms with Gasteiger partial charge < -0.3 is 34.1 Å². The molecule has 0 unspecified atom stereocenters. The molecule has 90 heavy (non-hydrogen) atoms. The molecule has 13 aromatic rings. The number of fused-ring (bicyclic) bond motifs is 9. The summed E-state index contributed by atoms with van der Waals surface area (Å²) >= 11 is 0. The van der Waals surface area contributed by atoms with Crippen LogP contribution in [-0.4, -0.2) is 20.0 Å². The molecule has 0 fully saturated rings. The van der Waals surface area contributed by atoms with Crippen LogP contribution in [0.2, 0.25) is 0 Å². The van der Waals surface area contributed by atoms with Crippen molar-refractivity contribution in [3.8, 4) is 11.5 Å². The lowest BCUT2D eigenvalue weighted by Crippen LogP contribution is -2.64. The van der Waals surface area contributed by atoms with Gasteiger partial charge in [0.15, 0.2) is 0 Å². The minimum Gasteiger partial charge on any atom is -0.458 e. The highest BCUT2D eigenvalue weighted by Crippen LogP contribution is 2.52. The van der Waals surface area contributed by atoms with Crippen LogP contribution >= 0.6 is 0 Å². The van der Waals surface area contributed by atoms with Gasteiger partial charge in [0.2, 0.25) is 0 Å². The molecule has 0 aromatic heterocycles. The number of ether oxygens (including phenoxy) is 1. The second kappa shape index (κ2) is 21.2. The van der Waals surface area contributed by atoms with Crippen LogP contribution < -0.4 is 66.9 Å². The summed E-state index contributed by atoms with van der Waals surface area (Å²) in [5, 5.41) is 0. The van der Waals surface area contributed by atoms with Crippen molar-refractivity contribution < 1.29 is 4.74 Å². The van der Waals surface area contributed by atoms with Crippen LogP contribution in [0.3, 0.4) is 0 Å². The van der Waals surface area contributed by atoms with Crippen LogP contribution in [0.15, 0.2) is 315 Å². The molecule has 0 saturated heterocycles. The van der Waals surface area contributed by atoms with E-state index < -0.39 is 0 Å². The first-order valence-corrected chi connectivity index (χ1v) is 31.3. The van der Waals surface area contributed by atoms with Crippen LogP contribution in [-0.2, 0) is 6.42 Å². The minimum absolute atomic E-state index is 0.165. The molecule has 0 atom stereocenters. The zero-order valence-electron chi connectivity index (χ0n) is 49.4. The second-order valence-corrected chi connectivity index (χ2v) is 23.9. The van der Waals surface area contributed by atoms with Crippen molar-refractivity contribution in [2.24, 2.45) is 0 Å². The molecule has 5 aliphatic heterocycles. The predicted octanol–water partition coefficient (Wildman–Crippen LogP) is 17.2. The number of aryl methyl sites for hydroxylation is 1. The molecule has 424 valence electrons. The highest BCUT2D eigenvalue weighted by Gasteiger charge is 2.48. The van der Waals surface area contributed by atoms with Gasteiger partial charge in [0, 0.05) is 104 Å². The van der Waals surface area contributed by atoms with Crippen molar-refractivity contribution >= 4 is 143 Å². The number of benzene rings is 13. The SMILES string of the molecule is c1ccc(N(c2ccccc2)c2cc3c4c(c2)N(c2ccccc2)c2cc5c(cc2B4c2ccc(N4CCCc6ccccc64)cc2O3)B2c3ccccc3N(c3ccccc3)c3cc(N(c4ccccc4)c4ccccc4)cc(c32)N5c2ccccc2)cc1. The monoisotopic (exact) mass is 1150 g/mol. The van der Waals surface area contributed by atoms with E-state index in [1.807, 2.05) is 0 Å². The first kappa shape index (κ1) is 51.8. The van der Waals surface area contributed by atoms with E-state index in [0.29, 0.717) is 0 Å². The van der Waals surface area contributed by atoms with Gasteiger partial charge in [-0.2, -0.15) is 0 Å². The fourth-order valence-corrected chi connectivity index (χ4v) is 15.1. The van der Waals surface area contributed by atoms with E-state index in [9.17, 15) is 0 Å². The van der Waals surface area contributed by atoms with E-state index in [2.05, 4.69) is 345 Å². The summed E-state index contributed by atoms with van der Waals surface area (Å²) in [5.41, 5.74) is 27.3. The van der Waals surface area contributed by atoms with Gasteiger partial charge in [-0.1, -0.05) is 176 Å². The molecule has 7 nitrogen and oxygen atoms in total. The molecule has 0 saturated carbocycles. The Hall–Kier alpha value is -11.4. The third kappa shape index (κ3) is 8.30. The largest absolute Gasteiger partial charge is 0.458 e. The topological polar surface area (TPSA) is 28.7 Å². The molecular weight excluding hydrogens is 1090 g/mol. The number of rotatable bonds is 10. The number of hydrogen-bond acceptors (Lipinski definition) is 7. The van der Waals surface area contributed by atoms with Crippen LogP contribution in [0.4, 0.5) is 96.7 Å². The number of para-hydroxylation sites is 9. The van der Waals surface area contributed by atoms with Crippen LogP contribution in [0.25, 0.3) is 0 Å². The van der Waals surface area contributed by atoms with Crippen molar-refractivity contribution in [2.75, 3.05) is 35.9 Å². The average Bonchev–Trinajstić information content (AvgIpc) is 0.707. The summed E-state index contributed by atoms with van der Waals surface area (Å²) < 4.78 is 7.60. The lowest BCUT2D eigenvalue weighted by atomic mass is 9.30. The summed E-state index contributed by atoms with van der Waals surface area (Å²) in [6, 6.07) is 116. The lowest BCUT2D eigenvalue weighted by molar-refractivity contribution is 0.487. The highest BCUT2D eigenvalue weighted by molar-refractivity contribution is 7.02. The minimum atomic E-state index is -0.212. The maximum Gasteiger partial charge on any atom is 0.256 e. The molecule has 18 rings (SSSR count). The standard InChI is InChI=1S/C81H58B2N6O/c1-8-29-57(30-9-1)85(58-31-10-2-11-32-58)65-49-75-80-76(50-65)88(62-39-18-6-19-40-62)73-55-74-70(54-69(73)82(80)67-43-23-25-45-72(67)87(75)61-37-16-5-17-38-61)83-68-47-46-64(84-48-26-28-56-27-22-24-44-71(56)84)52-78(68)90-79-53-66(51-77(81(79)83)89(74)63-41-20-7-21-42-63)86(59-33-12-3-13-34-59)60-35-14-4-15-36-60/h1-25,27,29-47,49-55H,26,28,48H2. The van der Waals surface area contributed by atoms with E-state index in [0.717, 1.165) is 133 Å². The zero-order chi connectivity index (χ0) is 59.2. The Balaban J connectivity index is 0.938. The molecule has 5 aliphatic rings. The molecule has 0 amide bonds. The van der Waals surface area contributed by atoms with Gasteiger partial charge in [-0.25, -0.2) is 0 Å². The van der Waals surface area contributed by atoms with Crippen molar-refractivity contribution in [2.45, 2.75) is 12.8 Å². The van der Waals surface area contributed by atoms with Crippen molar-refractivity contribution in [3.05, 3.63) is 321 Å². The Morgan fingerprint density at radius 1 is 0.278 bits per heavy atom. The fourth-order valence-electron chi connectivity index (χ4n) is 15.1. The predicted molar refractivity (Wildman–Crippen MR) is 377 cm³/mol. The van der Waals surface area contributed by atoms with Crippen molar-refractivity contribution in [3.63, 3.8) is 0 Å². The molecule has 0 N–H and O–H groups in total. The Kier molecular flexibility index (Phi) is 12.2. The van der Waals surface area contributed by atoms with E-state index >= 15 is 0 Å². The smallest absolute Gasteiger partial charge is 0.256 e. The molecule has 0 bridgehead atoms. The Labute approximate surface area is 526 Å². The molecule has 5 heterocycles. The molecule has 0 radical (unpaired) electrons. The summed E-state index contributed by atoms with van der Waals surface area (Å²) in [6.07, 6.45) is 2.14. The molecule has 13 aromatic carbocycles. The maximum atomic E-state index is 7.60. The number of anilines is 17. The Bertz CT molecular complexity index is 4810. The molecule has 9 heteroatoms. The highest BCUT2D eigenvalue weighted by atomic mass is 16.5. The van der Waals surface area contributed by atoms with E-state index in [4.69, 9.17) is 4.74 Å². The van der Waals surface area contributed by atoms with Gasteiger partial charge in [0.1, 0.15) is 11.5 Å². The Morgan fingerprint density at radius 3 is 1.22 bits per heavy atom. The van der Waals surface area contributed by atoms with Gasteiger partial charge in [-0.3, -0.25) is 0 Å². The molecular formula is C81H58B2N6O. The van der Waals surface area contributed by atoms with E-state index in [1.54, 1.807) is 0 Å². The van der Waals surface area contributed by atoms with E-state index in [1.165, 1.54) is 33.1 Å². The first-order chi connectivity index (χ1) is 44.7. The molecule has 0 spiro atoms. The van der Waals surface area contributed by atoms with Gasteiger partial charge >= 0.3 is 0 Å². The summed E-state index contributed by atoms with van der Waals surface area (Å²) in [5.74, 6) is 1.71. The lowest BCUT2D eigenvalue weighted by Gasteiger charge is -2.47. The van der Waals surface area contributed by atoms with Gasteiger partial charge in [0.25, 0.3) is 13.4 Å². The normalized spacial score (nSPS) is 13.6. The second-order valence-electron chi connectivity index (χ2n) is 23.9. The van der Waals surface area contributed by atoms with Crippen molar-refractivity contribution in [1.29, 1.82) is 0 Å². The number of hydrogen-bond donors (Lipinski definition) is 0. The third-order valence-corrected chi connectivity index (χ3v) is 18.9. The van der Waals surface area contributed by atoms with Crippen molar-refractivity contribution in [1.82, 2.24) is 0 Å². The summed E-state index contributed by atoms with van der Waals surface area (Å²) in [4.78, 5) is 14.9. The van der Waals surface area contributed by atoms with Crippen LogP contribution in [0.1, 0.15) is 12.0 Å². The third-order valence-electron chi connectivity index (χ3n) is 18.9. The Morgan fingerprint density at radius 2 is 0.700 bits per heavy atom. The van der Waals surface area contributed by atoms with Crippen LogP contribution in [0.5, 0.6) is 11.5 Å². The fraction of sp³-hybridized carbons (Fsp3) is 0.0370. The zero-order valence-corrected chi connectivity index (χ0v) is 49.4. The van der Waals surface area contributed by atoms with Gasteiger partial charge in [-0.15, -0.1) is 0 Å². The maximum absolute atomic E-state index is 7.60. The van der Waals surface area contributed by atoms with Crippen LogP contribution in [0, 0.1) is 0 Å². The molecule has 0 aliphatic carbocycles. The van der Waals surface area contributed by atoms with Gasteiger partial charge in [-0.05, 0) is 179 Å². The average molecular weight is 1150 g/mol.